The third-order valence-corrected chi connectivity index (χ3v) is 3.53. The topological polar surface area (TPSA) is 49.6 Å². The van der Waals surface area contributed by atoms with E-state index in [9.17, 15) is 4.79 Å². The molecule has 17 heavy (non-hydrogen) atoms. The van der Waals surface area contributed by atoms with E-state index >= 15 is 0 Å². The minimum atomic E-state index is 0.531. The summed E-state index contributed by atoms with van der Waals surface area (Å²) in [5, 5.41) is 0. The molecule has 2 N–H and O–H groups in total. The quantitative estimate of drug-likeness (QED) is 0.676. The molecule has 0 bridgehead atoms. The van der Waals surface area contributed by atoms with Crippen LogP contribution in [0, 0.1) is 0 Å². The lowest BCUT2D eigenvalue weighted by molar-refractivity contribution is -0.108. The van der Waals surface area contributed by atoms with Gasteiger partial charge in [0.25, 0.3) is 0 Å². The molecule has 1 saturated heterocycles. The Labute approximate surface area is 110 Å². The lowest BCUT2D eigenvalue weighted by atomic mass is 10.2. The summed E-state index contributed by atoms with van der Waals surface area (Å²) in [5.74, 6) is 0. The van der Waals surface area contributed by atoms with E-state index in [-0.39, 0.29) is 0 Å². The lowest BCUT2D eigenvalue weighted by Crippen LogP contribution is -2.47. The maximum absolute atomic E-state index is 10.4. The number of anilines is 2. The summed E-state index contributed by atoms with van der Waals surface area (Å²) in [6.45, 7) is 4.19. The van der Waals surface area contributed by atoms with Crippen molar-refractivity contribution in [1.29, 1.82) is 0 Å². The summed E-state index contributed by atoms with van der Waals surface area (Å²) >= 11 is 3.40. The number of nitrogens with zero attached hydrogens (tertiary/aromatic N) is 2. The molecule has 0 spiro atoms. The first-order valence-corrected chi connectivity index (χ1v) is 6.46. The van der Waals surface area contributed by atoms with E-state index in [1.807, 2.05) is 18.2 Å². The summed E-state index contributed by atoms with van der Waals surface area (Å²) in [6, 6.07) is 5.96. The third-order valence-electron chi connectivity index (χ3n) is 3.04. The van der Waals surface area contributed by atoms with Gasteiger partial charge in [-0.2, -0.15) is 0 Å². The zero-order chi connectivity index (χ0) is 12.3. The predicted octanol–water partition coefficient (Wildman–Crippen LogP) is 1.35. The zero-order valence-electron chi connectivity index (χ0n) is 9.60. The van der Waals surface area contributed by atoms with Gasteiger partial charge in [0.1, 0.15) is 6.29 Å². The second-order valence-corrected chi connectivity index (χ2v) is 5.07. The average molecular weight is 298 g/mol. The highest BCUT2D eigenvalue weighted by molar-refractivity contribution is 9.10. The molecule has 0 aromatic heterocycles. The number of hydrogen-bond acceptors (Lipinski definition) is 4. The molecule has 1 heterocycles. The molecule has 0 unspecified atom stereocenters. The Bertz CT molecular complexity index is 403. The Hall–Kier alpha value is -1.07. The van der Waals surface area contributed by atoms with Crippen molar-refractivity contribution in [3.63, 3.8) is 0 Å². The molecule has 1 aliphatic rings. The molecule has 92 valence electrons. The van der Waals surface area contributed by atoms with Crippen molar-refractivity contribution in [3.05, 3.63) is 22.7 Å². The Morgan fingerprint density at radius 3 is 2.59 bits per heavy atom. The SMILES string of the molecule is Nc1cc(Br)ccc1N1CCN(CC=O)CC1. The number of aldehydes is 1. The van der Waals surface area contributed by atoms with Crippen molar-refractivity contribution in [3.8, 4) is 0 Å². The molecular formula is C12H16BrN3O. The Morgan fingerprint density at radius 1 is 1.29 bits per heavy atom. The van der Waals surface area contributed by atoms with Crippen LogP contribution in [0.1, 0.15) is 0 Å². The molecule has 5 heteroatoms. The fraction of sp³-hybridized carbons (Fsp3) is 0.417. The molecule has 0 amide bonds. The number of carbonyl (C=O) groups excluding carboxylic acids is 1. The number of carbonyl (C=O) groups is 1. The van der Waals surface area contributed by atoms with Gasteiger partial charge in [-0.25, -0.2) is 0 Å². The van der Waals surface area contributed by atoms with Gasteiger partial charge in [0.05, 0.1) is 17.9 Å². The van der Waals surface area contributed by atoms with E-state index in [1.54, 1.807) is 0 Å². The number of rotatable bonds is 3. The van der Waals surface area contributed by atoms with Crippen LogP contribution in [0.4, 0.5) is 11.4 Å². The standard InChI is InChI=1S/C12H16BrN3O/c13-10-1-2-12(11(14)9-10)16-5-3-15(4-6-16)7-8-17/h1-2,8-9H,3-7,14H2. The van der Waals surface area contributed by atoms with E-state index in [1.165, 1.54) is 0 Å². The molecule has 1 aliphatic heterocycles. The van der Waals surface area contributed by atoms with Gasteiger partial charge in [0.15, 0.2) is 0 Å². The fourth-order valence-corrected chi connectivity index (χ4v) is 2.47. The van der Waals surface area contributed by atoms with Crippen LogP contribution in [-0.2, 0) is 4.79 Å². The monoisotopic (exact) mass is 297 g/mol. The molecule has 0 aliphatic carbocycles. The van der Waals surface area contributed by atoms with Crippen molar-refractivity contribution in [2.45, 2.75) is 0 Å². The van der Waals surface area contributed by atoms with E-state index in [2.05, 4.69) is 25.7 Å². The summed E-state index contributed by atoms with van der Waals surface area (Å²) < 4.78 is 0.998. The molecule has 1 fully saturated rings. The maximum atomic E-state index is 10.4. The fourth-order valence-electron chi connectivity index (χ4n) is 2.09. The zero-order valence-corrected chi connectivity index (χ0v) is 11.2. The van der Waals surface area contributed by atoms with Crippen LogP contribution in [0.5, 0.6) is 0 Å². The Balaban J connectivity index is 2.02. The number of piperazine rings is 1. The van der Waals surface area contributed by atoms with Crippen molar-refractivity contribution in [2.24, 2.45) is 0 Å². The molecule has 4 nitrogen and oxygen atoms in total. The molecule has 1 aromatic carbocycles. The van der Waals surface area contributed by atoms with Crippen molar-refractivity contribution in [1.82, 2.24) is 4.90 Å². The number of hydrogen-bond donors (Lipinski definition) is 1. The molecular weight excluding hydrogens is 282 g/mol. The van der Waals surface area contributed by atoms with Gasteiger partial charge in [-0.15, -0.1) is 0 Å². The van der Waals surface area contributed by atoms with E-state index in [4.69, 9.17) is 5.73 Å². The number of benzene rings is 1. The smallest absolute Gasteiger partial charge is 0.133 e. The number of nitrogen functional groups attached to an aromatic ring is 1. The highest BCUT2D eigenvalue weighted by Crippen LogP contribution is 2.27. The predicted molar refractivity (Wildman–Crippen MR) is 73.3 cm³/mol. The van der Waals surface area contributed by atoms with Crippen molar-refractivity contribution < 1.29 is 4.79 Å². The van der Waals surface area contributed by atoms with E-state index in [0.29, 0.717) is 6.54 Å². The van der Waals surface area contributed by atoms with Gasteiger partial charge < -0.3 is 15.4 Å². The summed E-state index contributed by atoms with van der Waals surface area (Å²) in [4.78, 5) is 14.9. The van der Waals surface area contributed by atoms with Crippen LogP contribution < -0.4 is 10.6 Å². The van der Waals surface area contributed by atoms with Crippen molar-refractivity contribution in [2.75, 3.05) is 43.4 Å². The molecule has 1 aromatic rings. The van der Waals surface area contributed by atoms with Gasteiger partial charge in [0.2, 0.25) is 0 Å². The first-order chi connectivity index (χ1) is 8.20. The van der Waals surface area contributed by atoms with Crippen LogP contribution in [0.25, 0.3) is 0 Å². The normalized spacial score (nSPS) is 17.1. The number of halogens is 1. The Kier molecular flexibility index (Phi) is 4.02. The van der Waals surface area contributed by atoms with Gasteiger partial charge >= 0.3 is 0 Å². The van der Waals surface area contributed by atoms with Crippen LogP contribution in [-0.4, -0.2) is 43.9 Å². The summed E-state index contributed by atoms with van der Waals surface area (Å²) in [5.41, 5.74) is 7.88. The van der Waals surface area contributed by atoms with Gasteiger partial charge in [-0.05, 0) is 18.2 Å². The van der Waals surface area contributed by atoms with Crippen LogP contribution >= 0.6 is 15.9 Å². The highest BCUT2D eigenvalue weighted by atomic mass is 79.9. The van der Waals surface area contributed by atoms with Crippen LogP contribution in [0.2, 0.25) is 0 Å². The van der Waals surface area contributed by atoms with Crippen LogP contribution in [0.3, 0.4) is 0 Å². The van der Waals surface area contributed by atoms with Crippen LogP contribution in [0.15, 0.2) is 22.7 Å². The van der Waals surface area contributed by atoms with Gasteiger partial charge in [0, 0.05) is 30.7 Å². The van der Waals surface area contributed by atoms with E-state index < -0.39 is 0 Å². The minimum Gasteiger partial charge on any atom is -0.397 e. The first kappa shape index (κ1) is 12.4. The average Bonchev–Trinajstić information content (AvgIpc) is 2.31. The summed E-state index contributed by atoms with van der Waals surface area (Å²) in [6.07, 6.45) is 0.962. The molecule has 0 saturated carbocycles. The third kappa shape index (κ3) is 2.98. The second kappa shape index (κ2) is 5.51. The first-order valence-electron chi connectivity index (χ1n) is 5.66. The number of nitrogens with two attached hydrogens (primary N) is 1. The van der Waals surface area contributed by atoms with E-state index in [0.717, 1.165) is 48.3 Å². The highest BCUT2D eigenvalue weighted by Gasteiger charge is 2.18. The largest absolute Gasteiger partial charge is 0.397 e. The molecule has 0 atom stereocenters. The minimum absolute atomic E-state index is 0.531. The second-order valence-electron chi connectivity index (χ2n) is 4.16. The summed E-state index contributed by atoms with van der Waals surface area (Å²) in [7, 11) is 0. The lowest BCUT2D eigenvalue weighted by Gasteiger charge is -2.35. The molecule has 0 radical (unpaired) electrons. The Morgan fingerprint density at radius 2 is 2.00 bits per heavy atom. The van der Waals surface area contributed by atoms with Crippen molar-refractivity contribution >= 4 is 33.6 Å². The molecule has 2 rings (SSSR count). The van der Waals surface area contributed by atoms with Gasteiger partial charge in [-0.1, -0.05) is 15.9 Å². The maximum Gasteiger partial charge on any atom is 0.133 e. The van der Waals surface area contributed by atoms with Gasteiger partial charge in [-0.3, -0.25) is 4.90 Å².